The van der Waals surface area contributed by atoms with Crippen molar-refractivity contribution in [2.75, 3.05) is 20.1 Å². The van der Waals surface area contributed by atoms with Crippen LogP contribution in [0.15, 0.2) is 36.4 Å². The summed E-state index contributed by atoms with van der Waals surface area (Å²) in [5, 5.41) is 0. The van der Waals surface area contributed by atoms with Crippen LogP contribution < -0.4 is 0 Å². The van der Waals surface area contributed by atoms with E-state index in [1.807, 2.05) is 0 Å². The van der Waals surface area contributed by atoms with E-state index in [4.69, 9.17) is 4.74 Å². The fourth-order valence-corrected chi connectivity index (χ4v) is 5.01. The average Bonchev–Trinajstić information content (AvgIpc) is 2.84. The second-order valence-corrected chi connectivity index (χ2v) is 11.4. The lowest BCUT2D eigenvalue weighted by molar-refractivity contribution is -0.143. The molecule has 0 bridgehead atoms. The van der Waals surface area contributed by atoms with Gasteiger partial charge in [0.2, 0.25) is 5.91 Å². The van der Waals surface area contributed by atoms with Crippen molar-refractivity contribution in [1.29, 1.82) is 0 Å². The van der Waals surface area contributed by atoms with Gasteiger partial charge in [-0.05, 0) is 88.1 Å². The number of benzene rings is 2. The SMILES string of the molecule is Cc1cc(F)ccc1[C@H]1CN(C(=O)OC(C)(C)C)CC[C@@H]1C(=O)N(C)[C@H](C)c1cc(C(F)(F)F)cc(C(F)(F)F)c1. The highest BCUT2D eigenvalue weighted by molar-refractivity contribution is 5.81. The van der Waals surface area contributed by atoms with Crippen LogP contribution in [0.1, 0.15) is 73.9 Å². The third-order valence-electron chi connectivity index (χ3n) is 7.23. The van der Waals surface area contributed by atoms with E-state index in [0.717, 1.165) is 4.90 Å². The Balaban J connectivity index is 1.97. The fourth-order valence-electron chi connectivity index (χ4n) is 5.01. The van der Waals surface area contributed by atoms with Crippen LogP contribution in [0.4, 0.5) is 35.5 Å². The van der Waals surface area contributed by atoms with Gasteiger partial charge in [-0.3, -0.25) is 4.79 Å². The number of hydrogen-bond acceptors (Lipinski definition) is 3. The largest absolute Gasteiger partial charge is 0.444 e. The number of rotatable bonds is 4. The molecule has 0 aliphatic carbocycles. The van der Waals surface area contributed by atoms with Gasteiger partial charge in [0.25, 0.3) is 0 Å². The third-order valence-corrected chi connectivity index (χ3v) is 7.23. The van der Waals surface area contributed by atoms with Gasteiger partial charge in [0.1, 0.15) is 11.4 Å². The summed E-state index contributed by atoms with van der Waals surface area (Å²) in [6, 6.07) is 4.13. The number of carbonyl (C=O) groups is 2. The Kier molecular flexibility index (Phi) is 9.05. The highest BCUT2D eigenvalue weighted by Crippen LogP contribution is 2.40. The first-order valence-corrected chi connectivity index (χ1v) is 13.0. The molecule has 3 rings (SSSR count). The minimum atomic E-state index is -5.03. The molecule has 1 aliphatic rings. The molecule has 12 heteroatoms. The van der Waals surface area contributed by atoms with Crippen LogP contribution in [-0.4, -0.2) is 47.5 Å². The van der Waals surface area contributed by atoms with Crippen molar-refractivity contribution >= 4 is 12.0 Å². The van der Waals surface area contributed by atoms with Gasteiger partial charge in [-0.25, -0.2) is 9.18 Å². The first kappa shape index (κ1) is 32.2. The van der Waals surface area contributed by atoms with E-state index >= 15 is 0 Å². The Hall–Kier alpha value is -3.31. The number of alkyl halides is 6. The number of ether oxygens (including phenoxy) is 1. The molecule has 0 spiro atoms. The van der Waals surface area contributed by atoms with Gasteiger partial charge in [0.15, 0.2) is 0 Å². The average molecular weight is 591 g/mol. The van der Waals surface area contributed by atoms with Crippen LogP contribution in [0.3, 0.4) is 0 Å². The smallest absolute Gasteiger partial charge is 0.416 e. The summed E-state index contributed by atoms with van der Waals surface area (Å²) in [6.07, 6.45) is -10.5. The van der Waals surface area contributed by atoms with Crippen LogP contribution in [-0.2, 0) is 21.9 Å². The number of hydrogen-bond donors (Lipinski definition) is 0. The number of amides is 2. The molecule has 1 saturated heterocycles. The molecule has 1 heterocycles. The van der Waals surface area contributed by atoms with E-state index in [-0.39, 0.29) is 31.1 Å². The van der Waals surface area contributed by atoms with Gasteiger partial charge in [-0.2, -0.15) is 26.3 Å². The van der Waals surface area contributed by atoms with Gasteiger partial charge < -0.3 is 14.5 Å². The van der Waals surface area contributed by atoms with Crippen molar-refractivity contribution in [1.82, 2.24) is 9.80 Å². The van der Waals surface area contributed by atoms with Crippen LogP contribution in [0.25, 0.3) is 0 Å². The number of carbonyl (C=O) groups excluding carboxylic acids is 2. The Morgan fingerprint density at radius 2 is 1.54 bits per heavy atom. The molecule has 41 heavy (non-hydrogen) atoms. The molecule has 5 nitrogen and oxygen atoms in total. The Morgan fingerprint density at radius 1 is 0.976 bits per heavy atom. The molecule has 3 atom stereocenters. The lowest BCUT2D eigenvalue weighted by Gasteiger charge is -2.41. The van der Waals surface area contributed by atoms with Gasteiger partial charge >= 0.3 is 18.4 Å². The number of halogens is 7. The molecule has 1 fully saturated rings. The molecule has 0 saturated carbocycles. The van der Waals surface area contributed by atoms with Crippen molar-refractivity contribution in [2.24, 2.45) is 5.92 Å². The van der Waals surface area contributed by atoms with Gasteiger partial charge in [-0.1, -0.05) is 6.07 Å². The molecule has 0 radical (unpaired) electrons. The topological polar surface area (TPSA) is 49.9 Å². The second kappa shape index (κ2) is 11.5. The van der Waals surface area contributed by atoms with Crippen LogP contribution in [0.2, 0.25) is 0 Å². The molecule has 0 aromatic heterocycles. The zero-order valence-electron chi connectivity index (χ0n) is 23.6. The number of aryl methyl sites for hydroxylation is 1. The molecule has 0 N–H and O–H groups in total. The maximum atomic E-state index is 13.9. The van der Waals surface area contributed by atoms with Crippen molar-refractivity contribution in [2.45, 2.75) is 71.0 Å². The van der Waals surface area contributed by atoms with E-state index in [1.54, 1.807) is 27.7 Å². The first-order valence-electron chi connectivity index (χ1n) is 13.0. The molecule has 1 aliphatic heterocycles. The maximum Gasteiger partial charge on any atom is 0.416 e. The van der Waals surface area contributed by atoms with Crippen LogP contribution >= 0.6 is 0 Å². The summed E-state index contributed by atoms with van der Waals surface area (Å²) in [5.74, 6) is -2.45. The number of likely N-dealkylation sites (tertiary alicyclic amines) is 1. The van der Waals surface area contributed by atoms with E-state index < -0.39 is 64.8 Å². The minimum Gasteiger partial charge on any atom is -0.444 e. The van der Waals surface area contributed by atoms with Gasteiger partial charge in [0, 0.05) is 32.0 Å². The van der Waals surface area contributed by atoms with E-state index in [2.05, 4.69) is 0 Å². The van der Waals surface area contributed by atoms with Gasteiger partial charge in [-0.15, -0.1) is 0 Å². The highest BCUT2D eigenvalue weighted by Gasteiger charge is 2.42. The Labute approximate surface area is 234 Å². The van der Waals surface area contributed by atoms with Crippen molar-refractivity contribution < 1.29 is 45.1 Å². The summed E-state index contributed by atoms with van der Waals surface area (Å²) < 4.78 is 100. The quantitative estimate of drug-likeness (QED) is 0.343. The second-order valence-electron chi connectivity index (χ2n) is 11.4. The van der Waals surface area contributed by atoms with Crippen LogP contribution in [0, 0.1) is 18.7 Å². The summed E-state index contributed by atoms with van der Waals surface area (Å²) in [4.78, 5) is 29.2. The summed E-state index contributed by atoms with van der Waals surface area (Å²) in [5.41, 5.74) is -2.93. The van der Waals surface area contributed by atoms with E-state index in [1.165, 1.54) is 37.1 Å². The Bertz CT molecular complexity index is 1250. The fraction of sp³-hybridized carbons (Fsp3) is 0.517. The minimum absolute atomic E-state index is 0.0395. The number of piperidine rings is 1. The number of nitrogens with zero attached hydrogens (tertiary/aromatic N) is 2. The van der Waals surface area contributed by atoms with E-state index in [9.17, 15) is 40.3 Å². The standard InChI is InChI=1S/C29H33F7N2O3/c1-16-11-21(30)7-8-22(16)24-15-38(26(40)41-27(3,4)5)10-9-23(24)25(39)37(6)17(2)18-12-19(28(31,32)33)14-20(13-18)29(34,35)36/h7-8,11-14,17,23-24H,9-10,15H2,1-6H3/t17-,23+,24-/m1/s1. The maximum absolute atomic E-state index is 13.9. The summed E-state index contributed by atoms with van der Waals surface area (Å²) in [7, 11) is 1.31. The zero-order chi connectivity index (χ0) is 31.1. The first-order chi connectivity index (χ1) is 18.7. The normalized spacial score (nSPS) is 19.1. The molecule has 2 aromatic rings. The predicted molar refractivity (Wildman–Crippen MR) is 137 cm³/mol. The van der Waals surface area contributed by atoms with E-state index in [0.29, 0.717) is 23.3 Å². The monoisotopic (exact) mass is 590 g/mol. The molecule has 226 valence electrons. The molecular formula is C29H33F7N2O3. The third kappa shape index (κ3) is 7.71. The lowest BCUT2D eigenvalue weighted by Crippen LogP contribution is -2.49. The van der Waals surface area contributed by atoms with Crippen molar-refractivity contribution in [3.63, 3.8) is 0 Å². The van der Waals surface area contributed by atoms with Crippen LogP contribution in [0.5, 0.6) is 0 Å². The summed E-state index contributed by atoms with van der Waals surface area (Å²) in [6.45, 7) is 8.29. The van der Waals surface area contributed by atoms with Crippen molar-refractivity contribution in [3.8, 4) is 0 Å². The molecule has 0 unspecified atom stereocenters. The van der Waals surface area contributed by atoms with Crippen molar-refractivity contribution in [3.05, 3.63) is 70.0 Å². The Morgan fingerprint density at radius 3 is 2.02 bits per heavy atom. The highest BCUT2D eigenvalue weighted by atomic mass is 19.4. The lowest BCUT2D eigenvalue weighted by atomic mass is 9.78. The molecule has 2 amide bonds. The molecular weight excluding hydrogens is 557 g/mol. The molecule has 2 aromatic carbocycles. The predicted octanol–water partition coefficient (Wildman–Crippen LogP) is 7.73. The summed E-state index contributed by atoms with van der Waals surface area (Å²) >= 11 is 0. The zero-order valence-corrected chi connectivity index (χ0v) is 23.6. The van der Waals surface area contributed by atoms with Gasteiger partial charge in [0.05, 0.1) is 17.2 Å².